The number of guanidine groups is 1. The molecule has 3 aromatic carbocycles. The lowest BCUT2D eigenvalue weighted by molar-refractivity contribution is 0.278. The highest BCUT2D eigenvalue weighted by atomic mass is 35.5. The van der Waals surface area contributed by atoms with Gasteiger partial charge in [-0.1, -0.05) is 60.1 Å². The summed E-state index contributed by atoms with van der Waals surface area (Å²) in [6.45, 7) is 1.71. The molecule has 1 saturated heterocycles. The molecule has 188 valence electrons. The minimum Gasteiger partial charge on any atom is -0.295 e. The lowest BCUT2D eigenvalue weighted by Gasteiger charge is -2.34. The van der Waals surface area contributed by atoms with Gasteiger partial charge in [-0.3, -0.25) is 4.72 Å². The molecule has 0 amide bonds. The van der Waals surface area contributed by atoms with E-state index in [1.165, 1.54) is 24.1 Å². The Balaban J connectivity index is 0.000000445. The smallest absolute Gasteiger partial charge is 0.225 e. The van der Waals surface area contributed by atoms with Crippen LogP contribution in [0.4, 0.5) is 4.39 Å². The molecule has 2 heterocycles. The molecule has 11 heteroatoms. The van der Waals surface area contributed by atoms with Gasteiger partial charge >= 0.3 is 0 Å². The number of hydrogen-bond donors (Lipinski definition) is 2. The van der Waals surface area contributed by atoms with Gasteiger partial charge in [0.2, 0.25) is 5.96 Å². The Bertz CT molecular complexity index is 1180. The van der Waals surface area contributed by atoms with Gasteiger partial charge in [0.1, 0.15) is 5.82 Å². The van der Waals surface area contributed by atoms with Crippen molar-refractivity contribution in [2.75, 3.05) is 19.6 Å². The Morgan fingerprint density at radius 2 is 1.67 bits per heavy atom. The predicted molar refractivity (Wildman–Crippen MR) is 146 cm³/mol. The average Bonchev–Trinajstić information content (AvgIpc) is 3.36. The quantitative estimate of drug-likeness (QED) is 0.282. The van der Waals surface area contributed by atoms with Crippen molar-refractivity contribution >= 4 is 46.4 Å². The summed E-state index contributed by atoms with van der Waals surface area (Å²) in [5.41, 5.74) is 1.76. The highest BCUT2D eigenvalue weighted by molar-refractivity contribution is 7.98. The molecule has 5 rings (SSSR count). The first-order chi connectivity index (χ1) is 17.5. The van der Waals surface area contributed by atoms with Crippen LogP contribution in [0.2, 0.25) is 5.02 Å². The molecule has 0 aliphatic carbocycles. The number of hydrazone groups is 1. The SMILES string of the molecule is NS(=O)N1CC(N=C(NSc2ccc(Cl)cc2)N2CCC(c3ccc(F)cc3)=N2)C1.c1ccccc1. The van der Waals surface area contributed by atoms with Crippen molar-refractivity contribution in [1.82, 2.24) is 14.0 Å². The molecule has 2 aliphatic rings. The van der Waals surface area contributed by atoms with E-state index in [4.69, 9.17) is 21.7 Å². The fraction of sp³-hybridized carbons (Fsp3) is 0.200. The van der Waals surface area contributed by atoms with Crippen LogP contribution in [0.15, 0.2) is 99.9 Å². The Kier molecular flexibility index (Phi) is 9.48. The molecular weight excluding hydrogens is 519 g/mol. The average molecular weight is 545 g/mol. The van der Waals surface area contributed by atoms with E-state index in [-0.39, 0.29) is 11.9 Å². The van der Waals surface area contributed by atoms with Gasteiger partial charge in [-0.15, -0.1) is 0 Å². The van der Waals surface area contributed by atoms with E-state index < -0.39 is 11.2 Å². The Labute approximate surface area is 222 Å². The third kappa shape index (κ3) is 7.62. The summed E-state index contributed by atoms with van der Waals surface area (Å²) in [6.07, 6.45) is 0.724. The number of aliphatic imine (C=N–C) groups is 1. The van der Waals surface area contributed by atoms with E-state index >= 15 is 0 Å². The van der Waals surface area contributed by atoms with Gasteiger partial charge in [0.05, 0.1) is 18.3 Å². The first-order valence-electron chi connectivity index (χ1n) is 11.3. The molecule has 36 heavy (non-hydrogen) atoms. The maximum Gasteiger partial charge on any atom is 0.225 e. The van der Waals surface area contributed by atoms with E-state index in [2.05, 4.69) is 9.82 Å². The standard InChI is InChI=1S/C19H20ClFN6OS2.C6H6/c20-14-3-7-17(8-4-14)29-25-19(23-16-11-26(12-16)30(22)28)27-10-9-18(24-27)13-1-5-15(21)6-2-13;1-2-4-6-5-3-1/h1-8,16H,9-12,22H2,(H,23,25);1-6H. The van der Waals surface area contributed by atoms with Crippen molar-refractivity contribution in [1.29, 1.82) is 0 Å². The highest BCUT2D eigenvalue weighted by Gasteiger charge is 2.31. The number of nitrogens with one attached hydrogen (secondary N) is 1. The normalized spacial score (nSPS) is 17.0. The second kappa shape index (κ2) is 13.0. The summed E-state index contributed by atoms with van der Waals surface area (Å²) in [4.78, 5) is 5.74. The third-order valence-electron chi connectivity index (χ3n) is 5.35. The van der Waals surface area contributed by atoms with Crippen LogP contribution in [0.25, 0.3) is 0 Å². The third-order valence-corrected chi connectivity index (χ3v) is 7.20. The highest BCUT2D eigenvalue weighted by Crippen LogP contribution is 2.21. The molecule has 1 fully saturated rings. The van der Waals surface area contributed by atoms with Crippen LogP contribution in [0.1, 0.15) is 12.0 Å². The van der Waals surface area contributed by atoms with Gasteiger partial charge in [0, 0.05) is 29.4 Å². The van der Waals surface area contributed by atoms with Crippen molar-refractivity contribution in [3.8, 4) is 0 Å². The van der Waals surface area contributed by atoms with E-state index in [1.807, 2.05) is 65.7 Å². The van der Waals surface area contributed by atoms with Gasteiger partial charge in [-0.05, 0) is 53.9 Å². The van der Waals surface area contributed by atoms with Gasteiger partial charge in [-0.2, -0.15) is 5.10 Å². The van der Waals surface area contributed by atoms with E-state index in [0.717, 1.165) is 22.6 Å². The fourth-order valence-corrected chi connectivity index (χ4v) is 4.81. The largest absolute Gasteiger partial charge is 0.295 e. The van der Waals surface area contributed by atoms with Crippen molar-refractivity contribution in [2.45, 2.75) is 17.4 Å². The van der Waals surface area contributed by atoms with Crippen LogP contribution in [0.5, 0.6) is 0 Å². The van der Waals surface area contributed by atoms with E-state index in [9.17, 15) is 8.60 Å². The topological polar surface area (TPSA) is 86.3 Å². The molecule has 0 radical (unpaired) electrons. The maximum atomic E-state index is 13.2. The molecule has 0 aromatic heterocycles. The molecule has 1 unspecified atom stereocenters. The van der Waals surface area contributed by atoms with E-state index in [0.29, 0.717) is 30.6 Å². The maximum absolute atomic E-state index is 13.2. The molecule has 2 aliphatic heterocycles. The Morgan fingerprint density at radius 1 is 1.06 bits per heavy atom. The van der Waals surface area contributed by atoms with Crippen LogP contribution in [0, 0.1) is 5.82 Å². The van der Waals surface area contributed by atoms with Crippen LogP contribution in [-0.4, -0.2) is 50.9 Å². The Hall–Kier alpha value is -2.76. The van der Waals surface area contributed by atoms with Crippen molar-refractivity contribution in [2.24, 2.45) is 15.2 Å². The fourth-order valence-electron chi connectivity index (χ4n) is 3.41. The zero-order chi connectivity index (χ0) is 25.3. The van der Waals surface area contributed by atoms with Crippen LogP contribution >= 0.6 is 23.5 Å². The van der Waals surface area contributed by atoms with E-state index in [1.54, 1.807) is 16.4 Å². The second-order valence-electron chi connectivity index (χ2n) is 7.97. The molecule has 7 nitrogen and oxygen atoms in total. The van der Waals surface area contributed by atoms with Crippen molar-refractivity contribution < 1.29 is 8.60 Å². The number of hydrogen-bond acceptors (Lipinski definition) is 4. The number of nitrogens with two attached hydrogens (primary N) is 1. The molecule has 3 N–H and O–H groups in total. The molecule has 0 spiro atoms. The number of benzene rings is 3. The summed E-state index contributed by atoms with van der Waals surface area (Å²) in [5.74, 6) is 0.337. The summed E-state index contributed by atoms with van der Waals surface area (Å²) in [6, 6.07) is 25.8. The number of nitrogens with zero attached hydrogens (tertiary/aromatic N) is 4. The van der Waals surface area contributed by atoms with Gasteiger partial charge < -0.3 is 0 Å². The zero-order valence-corrected chi connectivity index (χ0v) is 21.7. The minimum atomic E-state index is -1.48. The number of halogens is 2. The van der Waals surface area contributed by atoms with Gasteiger partial charge in [-0.25, -0.2) is 28.0 Å². The Morgan fingerprint density at radius 3 is 2.25 bits per heavy atom. The van der Waals surface area contributed by atoms with Crippen LogP contribution in [0.3, 0.4) is 0 Å². The first kappa shape index (κ1) is 26.3. The summed E-state index contributed by atoms with van der Waals surface area (Å²) >= 11 is 5.89. The minimum absolute atomic E-state index is 0.0177. The molecule has 1 atom stereocenters. The number of rotatable bonds is 5. The molecule has 0 bridgehead atoms. The van der Waals surface area contributed by atoms with Crippen LogP contribution in [-0.2, 0) is 11.2 Å². The summed E-state index contributed by atoms with van der Waals surface area (Å²) in [5, 5.41) is 12.6. The lowest BCUT2D eigenvalue weighted by atomic mass is 10.1. The summed E-state index contributed by atoms with van der Waals surface area (Å²) in [7, 11) is 0. The molecule has 3 aromatic rings. The lowest BCUT2D eigenvalue weighted by Crippen LogP contribution is -2.53. The van der Waals surface area contributed by atoms with Crippen LogP contribution < -0.4 is 9.86 Å². The zero-order valence-electron chi connectivity index (χ0n) is 19.3. The molecule has 0 saturated carbocycles. The van der Waals surface area contributed by atoms with Gasteiger partial charge in [0.15, 0.2) is 11.2 Å². The first-order valence-corrected chi connectivity index (χ1v) is 13.6. The second-order valence-corrected chi connectivity index (χ2v) is 10.4. The predicted octanol–water partition coefficient (Wildman–Crippen LogP) is 4.45. The monoisotopic (exact) mass is 544 g/mol. The molecular formula is C25H26ClFN6OS2. The van der Waals surface area contributed by atoms with Gasteiger partial charge in [0.25, 0.3) is 0 Å². The van der Waals surface area contributed by atoms with Crippen molar-refractivity contribution in [3.05, 3.63) is 101 Å². The summed E-state index contributed by atoms with van der Waals surface area (Å²) < 4.78 is 29.5. The van der Waals surface area contributed by atoms with Crippen molar-refractivity contribution in [3.63, 3.8) is 0 Å².